The van der Waals surface area contributed by atoms with Gasteiger partial charge in [-0.1, -0.05) is 17.7 Å². The summed E-state index contributed by atoms with van der Waals surface area (Å²) in [4.78, 5) is 10.3. The molecule has 0 spiro atoms. The number of halogens is 1. The second-order valence-electron chi connectivity index (χ2n) is 3.36. The Labute approximate surface area is 99.3 Å². The van der Waals surface area contributed by atoms with Crippen LogP contribution in [0.4, 0.5) is 0 Å². The molecule has 0 aliphatic rings. The van der Waals surface area contributed by atoms with E-state index in [-0.39, 0.29) is 0 Å². The minimum Gasteiger partial charge on any atom is -0.496 e. The molecule has 0 saturated carbocycles. The first-order valence-corrected chi connectivity index (χ1v) is 5.15. The number of benzene rings is 1. The minimum absolute atomic E-state index is 0.483. The zero-order chi connectivity index (χ0) is 12.1. The van der Waals surface area contributed by atoms with E-state index >= 15 is 0 Å². The van der Waals surface area contributed by atoms with Crippen LogP contribution in [0.2, 0.25) is 5.02 Å². The van der Waals surface area contributed by atoms with Gasteiger partial charge in [-0.3, -0.25) is 0 Å². The van der Waals surface area contributed by atoms with E-state index in [1.807, 2.05) is 13.0 Å². The number of ether oxygens (including phenoxy) is 1. The summed E-state index contributed by atoms with van der Waals surface area (Å²) >= 11 is 5.92. The van der Waals surface area contributed by atoms with Gasteiger partial charge in [-0.25, -0.2) is 4.79 Å². The molecule has 16 heavy (non-hydrogen) atoms. The molecule has 86 valence electrons. The lowest BCUT2D eigenvalue weighted by molar-refractivity contribution is -0.131. The fraction of sp³-hybridized carbons (Fsp3) is 0.250. The van der Waals surface area contributed by atoms with Gasteiger partial charge in [-0.2, -0.15) is 0 Å². The van der Waals surface area contributed by atoms with Gasteiger partial charge in [-0.05, 0) is 36.6 Å². The fourth-order valence-electron chi connectivity index (χ4n) is 1.53. The molecule has 0 fully saturated rings. The zero-order valence-electron chi connectivity index (χ0n) is 9.16. The van der Waals surface area contributed by atoms with Gasteiger partial charge in [-0.15, -0.1) is 0 Å². The van der Waals surface area contributed by atoms with Gasteiger partial charge in [0.1, 0.15) is 5.75 Å². The molecule has 0 heterocycles. The number of hydrogen-bond donors (Lipinski definition) is 1. The van der Waals surface area contributed by atoms with Crippen LogP contribution in [0.5, 0.6) is 5.75 Å². The highest BCUT2D eigenvalue weighted by atomic mass is 35.5. The average molecular weight is 241 g/mol. The fourth-order valence-corrected chi connectivity index (χ4v) is 1.83. The summed E-state index contributed by atoms with van der Waals surface area (Å²) in [5.41, 5.74) is 1.82. The van der Waals surface area contributed by atoms with Gasteiger partial charge >= 0.3 is 5.97 Å². The van der Waals surface area contributed by atoms with Crippen molar-refractivity contribution in [2.75, 3.05) is 7.11 Å². The molecule has 0 radical (unpaired) electrons. The topological polar surface area (TPSA) is 46.5 Å². The molecule has 1 rings (SSSR count). The normalized spacial score (nSPS) is 10.7. The summed E-state index contributed by atoms with van der Waals surface area (Å²) in [6.07, 6.45) is 3.16. The Hall–Kier alpha value is -1.48. The van der Waals surface area contributed by atoms with Crippen LogP contribution < -0.4 is 4.74 Å². The number of carboxylic acids is 1. The highest BCUT2D eigenvalue weighted by Gasteiger charge is 2.06. The van der Waals surface area contributed by atoms with E-state index in [1.165, 1.54) is 0 Å². The predicted molar refractivity (Wildman–Crippen MR) is 63.2 cm³/mol. The largest absolute Gasteiger partial charge is 0.496 e. The maximum Gasteiger partial charge on any atom is 0.327 e. The van der Waals surface area contributed by atoms with Crippen LogP contribution in [0.15, 0.2) is 24.3 Å². The van der Waals surface area contributed by atoms with E-state index in [0.717, 1.165) is 23.0 Å². The first kappa shape index (κ1) is 12.6. The summed E-state index contributed by atoms with van der Waals surface area (Å²) < 4.78 is 5.25. The van der Waals surface area contributed by atoms with E-state index in [9.17, 15) is 4.79 Å². The van der Waals surface area contributed by atoms with Gasteiger partial charge in [0.25, 0.3) is 0 Å². The average Bonchev–Trinajstić information content (AvgIpc) is 2.16. The van der Waals surface area contributed by atoms with E-state index < -0.39 is 5.97 Å². The number of methoxy groups -OCH3 is 1. The van der Waals surface area contributed by atoms with Crippen LogP contribution in [0.25, 0.3) is 0 Å². The Morgan fingerprint density at radius 3 is 2.81 bits per heavy atom. The maximum atomic E-state index is 10.3. The van der Waals surface area contributed by atoms with Crippen molar-refractivity contribution in [3.63, 3.8) is 0 Å². The molecule has 0 aliphatic carbocycles. The molecule has 1 aromatic carbocycles. The van der Waals surface area contributed by atoms with Crippen molar-refractivity contribution < 1.29 is 14.6 Å². The minimum atomic E-state index is -0.960. The lowest BCUT2D eigenvalue weighted by Crippen LogP contribution is -1.95. The lowest BCUT2D eigenvalue weighted by Gasteiger charge is -2.10. The monoisotopic (exact) mass is 240 g/mol. The van der Waals surface area contributed by atoms with Crippen LogP contribution in [0.1, 0.15) is 11.1 Å². The number of hydrogen-bond acceptors (Lipinski definition) is 2. The molecule has 1 aromatic rings. The van der Waals surface area contributed by atoms with Crippen molar-refractivity contribution in [2.45, 2.75) is 13.3 Å². The van der Waals surface area contributed by atoms with Crippen molar-refractivity contribution in [2.24, 2.45) is 0 Å². The molecule has 0 amide bonds. The number of carboxylic acid groups (broad SMARTS) is 1. The summed E-state index contributed by atoms with van der Waals surface area (Å²) in [5.74, 6) is -0.211. The Balaban J connectivity index is 2.98. The molecule has 4 heteroatoms. The second kappa shape index (κ2) is 5.56. The molecule has 0 aliphatic heterocycles. The van der Waals surface area contributed by atoms with Crippen LogP contribution in [0.3, 0.4) is 0 Å². The molecule has 0 saturated heterocycles. The van der Waals surface area contributed by atoms with Crippen molar-refractivity contribution in [1.29, 1.82) is 0 Å². The van der Waals surface area contributed by atoms with Gasteiger partial charge in [0.2, 0.25) is 0 Å². The second-order valence-corrected chi connectivity index (χ2v) is 3.80. The number of aryl methyl sites for hydroxylation is 1. The Bertz CT molecular complexity index is 425. The molecule has 1 N–H and O–H groups in total. The van der Waals surface area contributed by atoms with Crippen molar-refractivity contribution in [1.82, 2.24) is 0 Å². The van der Waals surface area contributed by atoms with Gasteiger partial charge in [0.05, 0.1) is 7.11 Å². The smallest absolute Gasteiger partial charge is 0.327 e. The highest BCUT2D eigenvalue weighted by Crippen LogP contribution is 2.28. The third-order valence-electron chi connectivity index (χ3n) is 2.12. The Morgan fingerprint density at radius 1 is 1.56 bits per heavy atom. The summed E-state index contributed by atoms with van der Waals surface area (Å²) in [6.45, 7) is 1.90. The van der Waals surface area contributed by atoms with E-state index in [2.05, 4.69) is 0 Å². The van der Waals surface area contributed by atoms with Crippen LogP contribution in [-0.2, 0) is 11.2 Å². The number of allylic oxidation sites excluding steroid dienone is 1. The molecule has 0 unspecified atom stereocenters. The predicted octanol–water partition coefficient (Wildman–Crippen LogP) is 2.84. The third kappa shape index (κ3) is 3.28. The van der Waals surface area contributed by atoms with Crippen LogP contribution >= 0.6 is 11.6 Å². The number of carbonyl (C=O) groups is 1. The van der Waals surface area contributed by atoms with Crippen molar-refractivity contribution >= 4 is 17.6 Å². The molecular weight excluding hydrogens is 228 g/mol. The van der Waals surface area contributed by atoms with Gasteiger partial charge < -0.3 is 9.84 Å². The lowest BCUT2D eigenvalue weighted by atomic mass is 10.1. The SMILES string of the molecule is COc1c(C)cc(Cl)cc1C/C=C/C(=O)O. The first-order chi connectivity index (χ1) is 7.54. The molecule has 0 atom stereocenters. The molecule has 0 bridgehead atoms. The third-order valence-corrected chi connectivity index (χ3v) is 2.34. The van der Waals surface area contributed by atoms with Gasteiger partial charge in [0, 0.05) is 11.1 Å². The Kier molecular flexibility index (Phi) is 4.38. The Morgan fingerprint density at radius 2 is 2.25 bits per heavy atom. The van der Waals surface area contributed by atoms with Crippen molar-refractivity contribution in [3.05, 3.63) is 40.4 Å². The number of rotatable bonds is 4. The summed E-state index contributed by atoms with van der Waals surface area (Å²) in [7, 11) is 1.58. The first-order valence-electron chi connectivity index (χ1n) is 4.77. The summed E-state index contributed by atoms with van der Waals surface area (Å²) in [5, 5.41) is 9.11. The number of aliphatic carboxylic acids is 1. The zero-order valence-corrected chi connectivity index (χ0v) is 9.91. The molecular formula is C12H13ClO3. The quantitative estimate of drug-likeness (QED) is 0.824. The van der Waals surface area contributed by atoms with E-state index in [0.29, 0.717) is 11.4 Å². The maximum absolute atomic E-state index is 10.3. The van der Waals surface area contributed by atoms with Crippen LogP contribution in [-0.4, -0.2) is 18.2 Å². The standard InChI is InChI=1S/C12H13ClO3/c1-8-6-10(13)7-9(12(8)16-2)4-3-5-11(14)15/h3,5-7H,4H2,1-2H3,(H,14,15)/b5-3+. The molecule has 3 nitrogen and oxygen atoms in total. The highest BCUT2D eigenvalue weighted by molar-refractivity contribution is 6.30. The summed E-state index contributed by atoms with van der Waals surface area (Å²) in [6, 6.07) is 3.59. The van der Waals surface area contributed by atoms with Crippen molar-refractivity contribution in [3.8, 4) is 5.75 Å². The van der Waals surface area contributed by atoms with E-state index in [1.54, 1.807) is 19.3 Å². The molecule has 0 aromatic heterocycles. The van der Waals surface area contributed by atoms with Gasteiger partial charge in [0.15, 0.2) is 0 Å². The van der Waals surface area contributed by atoms with Crippen LogP contribution in [0, 0.1) is 6.92 Å². The van der Waals surface area contributed by atoms with E-state index in [4.69, 9.17) is 21.4 Å².